The zero-order chi connectivity index (χ0) is 13.8. The smallest absolute Gasteiger partial charge is 0.252 e. The van der Waals surface area contributed by atoms with Crippen molar-refractivity contribution in [1.29, 1.82) is 0 Å². The summed E-state index contributed by atoms with van der Waals surface area (Å²) in [6.07, 6.45) is 1.34. The summed E-state index contributed by atoms with van der Waals surface area (Å²) < 4.78 is 5.22. The first-order valence-corrected chi connectivity index (χ1v) is 5.85. The number of hydrogen-bond donors (Lipinski definition) is 2. The first kappa shape index (κ1) is 13.2. The molecule has 0 bridgehead atoms. The number of benzene rings is 1. The van der Waals surface area contributed by atoms with Gasteiger partial charge in [-0.05, 0) is 18.2 Å². The van der Waals surface area contributed by atoms with Crippen molar-refractivity contribution in [3.8, 4) is 5.75 Å². The van der Waals surface area contributed by atoms with Gasteiger partial charge >= 0.3 is 0 Å². The third kappa shape index (κ3) is 2.95. The molecule has 1 aromatic heterocycles. The summed E-state index contributed by atoms with van der Waals surface area (Å²) >= 11 is 5.83. The van der Waals surface area contributed by atoms with E-state index < -0.39 is 5.91 Å². The summed E-state index contributed by atoms with van der Waals surface area (Å²) in [6.45, 7) is 0. The maximum absolute atomic E-state index is 11.3. The highest BCUT2D eigenvalue weighted by Crippen LogP contribution is 2.29. The molecule has 98 valence electrons. The first-order chi connectivity index (χ1) is 9.11. The van der Waals surface area contributed by atoms with Crippen LogP contribution in [0.4, 0.5) is 11.4 Å². The lowest BCUT2D eigenvalue weighted by Gasteiger charge is -2.13. The molecular weight excluding hydrogens is 266 g/mol. The first-order valence-electron chi connectivity index (χ1n) is 5.47. The molecule has 3 N–H and O–H groups in total. The lowest BCUT2D eigenvalue weighted by atomic mass is 10.2. The SMILES string of the molecule is COc1ccccc1Nc1cc(Cl)ncc1C(N)=O. The molecule has 19 heavy (non-hydrogen) atoms. The van der Waals surface area contributed by atoms with Crippen LogP contribution in [0, 0.1) is 0 Å². The fourth-order valence-corrected chi connectivity index (χ4v) is 1.78. The minimum atomic E-state index is -0.582. The van der Waals surface area contributed by atoms with E-state index in [-0.39, 0.29) is 10.7 Å². The van der Waals surface area contributed by atoms with E-state index in [9.17, 15) is 4.79 Å². The Labute approximate surface area is 115 Å². The summed E-state index contributed by atoms with van der Waals surface area (Å²) in [5, 5.41) is 3.33. The molecule has 0 atom stereocenters. The van der Waals surface area contributed by atoms with Gasteiger partial charge in [0.1, 0.15) is 10.9 Å². The van der Waals surface area contributed by atoms with Gasteiger partial charge in [-0.15, -0.1) is 0 Å². The number of methoxy groups -OCH3 is 1. The van der Waals surface area contributed by atoms with Crippen molar-refractivity contribution in [2.75, 3.05) is 12.4 Å². The highest BCUT2D eigenvalue weighted by Gasteiger charge is 2.11. The van der Waals surface area contributed by atoms with Gasteiger partial charge < -0.3 is 15.8 Å². The van der Waals surface area contributed by atoms with Crippen LogP contribution in [0.1, 0.15) is 10.4 Å². The predicted octanol–water partition coefficient (Wildman–Crippen LogP) is 2.59. The number of ether oxygens (including phenoxy) is 1. The van der Waals surface area contributed by atoms with Gasteiger partial charge in [-0.3, -0.25) is 4.79 Å². The minimum absolute atomic E-state index is 0.260. The van der Waals surface area contributed by atoms with E-state index in [1.54, 1.807) is 13.2 Å². The highest BCUT2D eigenvalue weighted by molar-refractivity contribution is 6.29. The van der Waals surface area contributed by atoms with Crippen LogP contribution in [0.25, 0.3) is 0 Å². The number of carbonyl (C=O) groups excluding carboxylic acids is 1. The Kier molecular flexibility index (Phi) is 3.87. The average Bonchev–Trinajstić information content (AvgIpc) is 2.39. The van der Waals surface area contributed by atoms with E-state index in [0.29, 0.717) is 17.1 Å². The number of rotatable bonds is 4. The number of nitrogens with two attached hydrogens (primary N) is 1. The number of carbonyl (C=O) groups is 1. The number of amides is 1. The second kappa shape index (κ2) is 5.58. The number of pyridine rings is 1. The average molecular weight is 278 g/mol. The molecule has 0 aliphatic rings. The van der Waals surface area contributed by atoms with Gasteiger partial charge in [-0.2, -0.15) is 0 Å². The predicted molar refractivity (Wildman–Crippen MR) is 74.0 cm³/mol. The minimum Gasteiger partial charge on any atom is -0.495 e. The van der Waals surface area contributed by atoms with Gasteiger partial charge in [0.15, 0.2) is 0 Å². The molecule has 0 saturated heterocycles. The Bertz CT molecular complexity index is 617. The number of hydrogen-bond acceptors (Lipinski definition) is 4. The number of nitrogens with one attached hydrogen (secondary N) is 1. The molecule has 0 fully saturated rings. The standard InChI is InChI=1S/C13H12ClN3O2/c1-19-11-5-3-2-4-9(11)17-10-6-12(14)16-7-8(10)13(15)18/h2-7H,1H3,(H2,15,18)(H,16,17). The summed E-state index contributed by atoms with van der Waals surface area (Å²) in [6, 6.07) is 8.84. The van der Waals surface area contributed by atoms with Gasteiger partial charge in [0.2, 0.25) is 0 Å². The number of aromatic nitrogens is 1. The third-order valence-electron chi connectivity index (χ3n) is 2.51. The van der Waals surface area contributed by atoms with Crippen molar-refractivity contribution in [1.82, 2.24) is 4.98 Å². The van der Waals surface area contributed by atoms with Crippen LogP contribution in [0.5, 0.6) is 5.75 Å². The van der Waals surface area contributed by atoms with Crippen molar-refractivity contribution < 1.29 is 9.53 Å². The molecular formula is C13H12ClN3O2. The second-order valence-corrected chi connectivity index (χ2v) is 4.13. The summed E-state index contributed by atoms with van der Waals surface area (Å²) in [4.78, 5) is 15.2. The Balaban J connectivity index is 2.42. The van der Waals surface area contributed by atoms with Crippen molar-refractivity contribution in [3.63, 3.8) is 0 Å². The zero-order valence-corrected chi connectivity index (χ0v) is 10.9. The number of halogens is 1. The molecule has 6 heteroatoms. The summed E-state index contributed by atoms with van der Waals surface area (Å²) in [5.41, 5.74) is 6.74. The maximum Gasteiger partial charge on any atom is 0.252 e. The third-order valence-corrected chi connectivity index (χ3v) is 2.72. The van der Waals surface area contributed by atoms with Crippen LogP contribution < -0.4 is 15.8 Å². The summed E-state index contributed by atoms with van der Waals surface area (Å²) in [5.74, 6) is 0.0624. The van der Waals surface area contributed by atoms with Crippen LogP contribution >= 0.6 is 11.6 Å². The molecule has 1 aromatic carbocycles. The molecule has 0 aliphatic heterocycles. The monoisotopic (exact) mass is 277 g/mol. The molecule has 5 nitrogen and oxygen atoms in total. The van der Waals surface area contributed by atoms with Crippen LogP contribution in [0.15, 0.2) is 36.5 Å². The van der Waals surface area contributed by atoms with Gasteiger partial charge in [0, 0.05) is 6.20 Å². The molecule has 0 aliphatic carbocycles. The molecule has 0 spiro atoms. The number of anilines is 2. The van der Waals surface area contributed by atoms with Crippen LogP contribution in [0.2, 0.25) is 5.15 Å². The Morgan fingerprint density at radius 3 is 2.79 bits per heavy atom. The fourth-order valence-electron chi connectivity index (χ4n) is 1.62. The van der Waals surface area contributed by atoms with Crippen LogP contribution in [-0.2, 0) is 0 Å². The van der Waals surface area contributed by atoms with E-state index in [0.717, 1.165) is 0 Å². The van der Waals surface area contributed by atoms with Crippen LogP contribution in [0.3, 0.4) is 0 Å². The van der Waals surface area contributed by atoms with Crippen molar-refractivity contribution in [2.45, 2.75) is 0 Å². The molecule has 1 amide bonds. The molecule has 1 heterocycles. The molecule has 2 rings (SSSR count). The zero-order valence-electron chi connectivity index (χ0n) is 10.2. The van der Waals surface area contributed by atoms with E-state index >= 15 is 0 Å². The van der Waals surface area contributed by atoms with Gasteiger partial charge in [0.05, 0.1) is 24.0 Å². The number of para-hydroxylation sites is 2. The normalized spacial score (nSPS) is 10.0. The van der Waals surface area contributed by atoms with Crippen LogP contribution in [-0.4, -0.2) is 18.0 Å². The number of primary amides is 1. The topological polar surface area (TPSA) is 77.2 Å². The molecule has 0 unspecified atom stereocenters. The summed E-state index contributed by atoms with van der Waals surface area (Å²) in [7, 11) is 1.56. The quantitative estimate of drug-likeness (QED) is 0.842. The molecule has 0 radical (unpaired) electrons. The highest BCUT2D eigenvalue weighted by atomic mass is 35.5. The van der Waals surface area contributed by atoms with Gasteiger partial charge in [-0.25, -0.2) is 4.98 Å². The Hall–Kier alpha value is -2.27. The van der Waals surface area contributed by atoms with E-state index in [1.807, 2.05) is 18.2 Å². The Morgan fingerprint density at radius 2 is 2.11 bits per heavy atom. The van der Waals surface area contributed by atoms with Crippen molar-refractivity contribution in [2.24, 2.45) is 5.73 Å². The molecule has 0 saturated carbocycles. The fraction of sp³-hybridized carbons (Fsp3) is 0.0769. The largest absolute Gasteiger partial charge is 0.495 e. The van der Waals surface area contributed by atoms with E-state index in [1.165, 1.54) is 12.3 Å². The maximum atomic E-state index is 11.3. The van der Waals surface area contributed by atoms with Crippen molar-refractivity contribution in [3.05, 3.63) is 47.2 Å². The van der Waals surface area contributed by atoms with E-state index in [2.05, 4.69) is 10.3 Å². The van der Waals surface area contributed by atoms with Gasteiger partial charge in [0.25, 0.3) is 5.91 Å². The van der Waals surface area contributed by atoms with Crippen molar-refractivity contribution >= 4 is 28.9 Å². The number of nitrogens with zero attached hydrogens (tertiary/aromatic N) is 1. The Morgan fingerprint density at radius 1 is 1.37 bits per heavy atom. The lowest BCUT2D eigenvalue weighted by molar-refractivity contribution is 0.100. The second-order valence-electron chi connectivity index (χ2n) is 3.74. The molecule has 2 aromatic rings. The van der Waals surface area contributed by atoms with E-state index in [4.69, 9.17) is 22.1 Å². The lowest BCUT2D eigenvalue weighted by Crippen LogP contribution is -2.14. The van der Waals surface area contributed by atoms with Gasteiger partial charge in [-0.1, -0.05) is 23.7 Å².